The van der Waals surface area contributed by atoms with E-state index < -0.39 is 0 Å². The minimum absolute atomic E-state index is 0.00676. The second-order valence-corrected chi connectivity index (χ2v) is 5.01. The molecule has 1 aliphatic rings. The lowest BCUT2D eigenvalue weighted by Gasteiger charge is -2.25. The molecule has 1 atom stereocenters. The van der Waals surface area contributed by atoms with E-state index in [1.807, 2.05) is 24.0 Å². The van der Waals surface area contributed by atoms with Gasteiger partial charge in [0.25, 0.3) is 5.91 Å². The molecule has 2 rings (SSSR count). The van der Waals surface area contributed by atoms with Crippen molar-refractivity contribution in [1.82, 2.24) is 4.90 Å². The number of benzene rings is 1. The Morgan fingerprint density at radius 2 is 2.32 bits per heavy atom. The number of rotatable bonds is 4. The summed E-state index contributed by atoms with van der Waals surface area (Å²) in [5.41, 5.74) is 2.30. The quantitative estimate of drug-likeness (QED) is 0.900. The Morgan fingerprint density at radius 1 is 1.53 bits per heavy atom. The van der Waals surface area contributed by atoms with E-state index in [4.69, 9.17) is 4.74 Å². The Labute approximate surface area is 114 Å². The zero-order valence-corrected chi connectivity index (χ0v) is 11.6. The molecule has 1 aromatic carbocycles. The van der Waals surface area contributed by atoms with Crippen LogP contribution in [0.1, 0.15) is 34.3 Å². The summed E-state index contributed by atoms with van der Waals surface area (Å²) < 4.78 is 5.18. The number of carbonyl (C=O) groups is 1. The fraction of sp³-hybridized carbons (Fsp3) is 0.533. The Bertz CT molecular complexity index is 459. The lowest BCUT2D eigenvalue weighted by Crippen LogP contribution is -2.38. The van der Waals surface area contributed by atoms with Crippen LogP contribution in [0.3, 0.4) is 0 Å². The molecule has 1 N–H and O–H groups in total. The number of amides is 1. The average Bonchev–Trinajstić information content (AvgIpc) is 2.86. The van der Waals surface area contributed by atoms with Crippen molar-refractivity contribution in [3.05, 3.63) is 34.9 Å². The van der Waals surface area contributed by atoms with Gasteiger partial charge >= 0.3 is 0 Å². The predicted octanol–water partition coefficient (Wildman–Crippen LogP) is 1.74. The van der Waals surface area contributed by atoms with Gasteiger partial charge in [0.2, 0.25) is 0 Å². The average molecular weight is 263 g/mol. The first-order valence-corrected chi connectivity index (χ1v) is 6.68. The van der Waals surface area contributed by atoms with Crippen LogP contribution in [0.4, 0.5) is 0 Å². The van der Waals surface area contributed by atoms with Gasteiger partial charge in [0.15, 0.2) is 0 Å². The highest BCUT2D eigenvalue weighted by Crippen LogP contribution is 2.23. The molecule has 0 spiro atoms. The van der Waals surface area contributed by atoms with Crippen molar-refractivity contribution in [3.8, 4) is 0 Å². The molecule has 0 radical (unpaired) electrons. The van der Waals surface area contributed by atoms with E-state index in [1.54, 1.807) is 13.2 Å². The molecule has 0 aliphatic carbocycles. The van der Waals surface area contributed by atoms with Crippen LogP contribution >= 0.6 is 0 Å². The number of likely N-dealkylation sites (tertiary alicyclic amines) is 1. The monoisotopic (exact) mass is 263 g/mol. The number of carbonyl (C=O) groups excluding carboxylic acids is 1. The fourth-order valence-corrected chi connectivity index (χ4v) is 2.74. The minimum atomic E-state index is -0.101. The molecule has 104 valence electrons. The van der Waals surface area contributed by atoms with Gasteiger partial charge < -0.3 is 14.7 Å². The topological polar surface area (TPSA) is 49.8 Å². The highest BCUT2D eigenvalue weighted by molar-refractivity contribution is 5.96. The Balaban J connectivity index is 2.26. The summed E-state index contributed by atoms with van der Waals surface area (Å²) in [7, 11) is 1.66. The molecule has 4 heteroatoms. The number of aryl methyl sites for hydroxylation is 1. The van der Waals surface area contributed by atoms with Gasteiger partial charge in [-0.05, 0) is 37.0 Å². The third kappa shape index (κ3) is 2.80. The van der Waals surface area contributed by atoms with Crippen LogP contribution in [0.15, 0.2) is 18.2 Å². The van der Waals surface area contributed by atoms with Gasteiger partial charge in [0, 0.05) is 19.2 Å². The van der Waals surface area contributed by atoms with Gasteiger partial charge in [-0.1, -0.05) is 12.1 Å². The number of nitrogens with zero attached hydrogens (tertiary/aromatic N) is 1. The van der Waals surface area contributed by atoms with Gasteiger partial charge in [0.1, 0.15) is 0 Å². The number of methoxy groups -OCH3 is 1. The zero-order valence-electron chi connectivity index (χ0n) is 11.6. The summed E-state index contributed by atoms with van der Waals surface area (Å²) in [5.74, 6) is 0.00676. The first-order chi connectivity index (χ1) is 9.19. The van der Waals surface area contributed by atoms with Crippen molar-refractivity contribution in [3.63, 3.8) is 0 Å². The van der Waals surface area contributed by atoms with E-state index in [0.29, 0.717) is 12.2 Å². The summed E-state index contributed by atoms with van der Waals surface area (Å²) in [6.07, 6.45) is 2.00. The predicted molar refractivity (Wildman–Crippen MR) is 73.0 cm³/mol. The molecule has 1 amide bonds. The molecule has 4 nitrogen and oxygen atoms in total. The van der Waals surface area contributed by atoms with Crippen LogP contribution in [-0.4, -0.2) is 42.2 Å². The van der Waals surface area contributed by atoms with E-state index in [2.05, 4.69) is 0 Å². The number of aliphatic hydroxyl groups is 1. The van der Waals surface area contributed by atoms with Crippen molar-refractivity contribution in [2.45, 2.75) is 32.4 Å². The van der Waals surface area contributed by atoms with Gasteiger partial charge in [-0.2, -0.15) is 0 Å². The normalized spacial score (nSPS) is 18.9. The summed E-state index contributed by atoms with van der Waals surface area (Å²) in [4.78, 5) is 14.5. The van der Waals surface area contributed by atoms with E-state index in [1.165, 1.54) is 0 Å². The highest BCUT2D eigenvalue weighted by Gasteiger charge is 2.30. The number of ether oxygens (including phenoxy) is 1. The highest BCUT2D eigenvalue weighted by atomic mass is 16.5. The third-order valence-electron chi connectivity index (χ3n) is 3.80. The van der Waals surface area contributed by atoms with Crippen molar-refractivity contribution in [1.29, 1.82) is 0 Å². The smallest absolute Gasteiger partial charge is 0.254 e. The second kappa shape index (κ2) is 6.17. The molecule has 0 saturated carbocycles. The Morgan fingerprint density at radius 3 is 3.00 bits per heavy atom. The summed E-state index contributed by atoms with van der Waals surface area (Å²) in [5, 5.41) is 9.46. The maximum Gasteiger partial charge on any atom is 0.254 e. The third-order valence-corrected chi connectivity index (χ3v) is 3.80. The fourth-order valence-electron chi connectivity index (χ4n) is 2.74. The SMILES string of the molecule is COCC1CCCN1C(=O)c1cccc(C)c1CO. The molecule has 1 saturated heterocycles. The molecule has 1 fully saturated rings. The van der Waals surface area contributed by atoms with Gasteiger partial charge in [-0.25, -0.2) is 0 Å². The van der Waals surface area contributed by atoms with E-state index in [0.717, 1.165) is 30.5 Å². The molecule has 1 unspecified atom stereocenters. The molecule has 19 heavy (non-hydrogen) atoms. The van der Waals surface area contributed by atoms with Gasteiger partial charge in [-0.3, -0.25) is 4.79 Å². The van der Waals surface area contributed by atoms with Crippen LogP contribution in [0.2, 0.25) is 0 Å². The zero-order chi connectivity index (χ0) is 13.8. The Hall–Kier alpha value is -1.39. The molecule has 0 aromatic heterocycles. The maximum atomic E-state index is 12.6. The summed E-state index contributed by atoms with van der Waals surface area (Å²) >= 11 is 0. The van der Waals surface area contributed by atoms with E-state index in [-0.39, 0.29) is 18.6 Å². The van der Waals surface area contributed by atoms with Crippen molar-refractivity contribution < 1.29 is 14.6 Å². The number of hydrogen-bond acceptors (Lipinski definition) is 3. The van der Waals surface area contributed by atoms with E-state index >= 15 is 0 Å². The first-order valence-electron chi connectivity index (χ1n) is 6.68. The molecule has 1 aliphatic heterocycles. The lowest BCUT2D eigenvalue weighted by atomic mass is 10.0. The Kier molecular flexibility index (Phi) is 4.56. The van der Waals surface area contributed by atoms with Gasteiger partial charge in [0.05, 0.1) is 19.3 Å². The van der Waals surface area contributed by atoms with Crippen LogP contribution < -0.4 is 0 Å². The largest absolute Gasteiger partial charge is 0.392 e. The summed E-state index contributed by atoms with van der Waals surface area (Å²) in [6.45, 7) is 3.16. The van der Waals surface area contributed by atoms with Crippen LogP contribution in [-0.2, 0) is 11.3 Å². The van der Waals surface area contributed by atoms with Gasteiger partial charge in [-0.15, -0.1) is 0 Å². The number of aliphatic hydroxyl groups excluding tert-OH is 1. The number of hydrogen-bond donors (Lipinski definition) is 1. The van der Waals surface area contributed by atoms with Crippen molar-refractivity contribution in [2.75, 3.05) is 20.3 Å². The van der Waals surface area contributed by atoms with E-state index in [9.17, 15) is 9.90 Å². The van der Waals surface area contributed by atoms with Crippen LogP contribution in [0.5, 0.6) is 0 Å². The standard InChI is InChI=1S/C15H21NO3/c1-11-5-3-7-13(14(11)9-17)15(18)16-8-4-6-12(16)10-19-2/h3,5,7,12,17H,4,6,8-10H2,1-2H3. The second-order valence-electron chi connectivity index (χ2n) is 5.01. The molecule has 1 aromatic rings. The minimum Gasteiger partial charge on any atom is -0.392 e. The lowest BCUT2D eigenvalue weighted by molar-refractivity contribution is 0.0627. The summed E-state index contributed by atoms with van der Waals surface area (Å²) in [6, 6.07) is 5.73. The molecule has 0 bridgehead atoms. The molecule has 1 heterocycles. The first kappa shape index (κ1) is 14.0. The van der Waals surface area contributed by atoms with Crippen LogP contribution in [0, 0.1) is 6.92 Å². The molecular formula is C15H21NO3. The van der Waals surface area contributed by atoms with Crippen molar-refractivity contribution in [2.24, 2.45) is 0 Å². The van der Waals surface area contributed by atoms with Crippen LogP contribution in [0.25, 0.3) is 0 Å². The maximum absolute atomic E-state index is 12.6. The molecular weight excluding hydrogens is 242 g/mol. The van der Waals surface area contributed by atoms with Crippen molar-refractivity contribution >= 4 is 5.91 Å².